The van der Waals surface area contributed by atoms with Crippen LogP contribution in [0, 0.1) is 0 Å². The number of primary sulfonamides is 1. The molecule has 0 radical (unpaired) electrons. The van der Waals surface area contributed by atoms with E-state index < -0.39 is 16.3 Å². The van der Waals surface area contributed by atoms with Gasteiger partial charge in [0, 0.05) is 6.07 Å². The summed E-state index contributed by atoms with van der Waals surface area (Å²) in [6.07, 6.45) is 0.993. The van der Waals surface area contributed by atoms with E-state index in [9.17, 15) is 8.42 Å². The molecule has 1 unspecified atom stereocenters. The molecule has 3 N–H and O–H groups in total. The van der Waals surface area contributed by atoms with Gasteiger partial charge in [0.2, 0.25) is 16.3 Å². The number of benzene rings is 1. The minimum absolute atomic E-state index is 0.0148. The van der Waals surface area contributed by atoms with Crippen molar-refractivity contribution >= 4 is 27.2 Å². The van der Waals surface area contributed by atoms with Crippen molar-refractivity contribution in [1.29, 1.82) is 0 Å². The van der Waals surface area contributed by atoms with Gasteiger partial charge in [-0.2, -0.15) is 4.37 Å². The molecule has 1 aromatic heterocycles. The third-order valence-electron chi connectivity index (χ3n) is 2.42. The summed E-state index contributed by atoms with van der Waals surface area (Å²) in [5.41, 5.74) is 0.697. The topological polar surface area (TPSA) is 107 Å². The monoisotopic (exact) mass is 284 g/mol. The molecule has 0 aliphatic carbocycles. The van der Waals surface area contributed by atoms with Crippen molar-refractivity contribution in [1.82, 2.24) is 9.36 Å². The maximum Gasteiger partial charge on any atom is 0.238 e. The van der Waals surface area contributed by atoms with Gasteiger partial charge in [-0.05, 0) is 23.7 Å². The Hall–Kier alpha value is -1.71. The molecule has 0 amide bonds. The molecule has 1 aliphatic heterocycles. The van der Waals surface area contributed by atoms with Gasteiger partial charge in [-0.15, -0.1) is 0 Å². The van der Waals surface area contributed by atoms with E-state index in [1.54, 1.807) is 6.07 Å². The van der Waals surface area contributed by atoms with Crippen LogP contribution in [0.2, 0.25) is 0 Å². The fourth-order valence-electron chi connectivity index (χ4n) is 1.60. The van der Waals surface area contributed by atoms with Gasteiger partial charge in [0.15, 0.2) is 5.01 Å². The zero-order valence-corrected chi connectivity index (χ0v) is 10.5. The van der Waals surface area contributed by atoms with E-state index in [-0.39, 0.29) is 4.90 Å². The van der Waals surface area contributed by atoms with Crippen molar-refractivity contribution in [3.05, 3.63) is 29.5 Å². The first-order valence-electron chi connectivity index (χ1n) is 4.91. The fraction of sp³-hybridized carbons (Fsp3) is 0.111. The lowest BCUT2D eigenvalue weighted by Gasteiger charge is -2.05. The van der Waals surface area contributed by atoms with Crippen LogP contribution in [0.25, 0.3) is 0 Å². The number of ether oxygens (including phenoxy) is 1. The highest BCUT2D eigenvalue weighted by Gasteiger charge is 2.26. The summed E-state index contributed by atoms with van der Waals surface area (Å²) >= 11 is 1.21. The molecule has 1 aliphatic rings. The van der Waals surface area contributed by atoms with E-state index in [4.69, 9.17) is 9.88 Å². The quantitative estimate of drug-likeness (QED) is 0.840. The van der Waals surface area contributed by atoms with E-state index in [1.807, 2.05) is 0 Å². The van der Waals surface area contributed by atoms with E-state index in [1.165, 1.54) is 30.0 Å². The smallest absolute Gasteiger partial charge is 0.238 e. The van der Waals surface area contributed by atoms with Crippen LogP contribution in [-0.4, -0.2) is 17.8 Å². The van der Waals surface area contributed by atoms with Crippen LogP contribution < -0.4 is 15.2 Å². The number of nitrogens with zero attached hydrogens (tertiary/aromatic N) is 2. The van der Waals surface area contributed by atoms with Gasteiger partial charge in [-0.1, -0.05) is 0 Å². The summed E-state index contributed by atoms with van der Waals surface area (Å²) < 4.78 is 31.9. The second kappa shape index (κ2) is 3.90. The summed E-state index contributed by atoms with van der Waals surface area (Å²) in [6.45, 7) is 0. The second-order valence-corrected chi connectivity index (χ2v) is 6.00. The van der Waals surface area contributed by atoms with Gasteiger partial charge < -0.3 is 10.1 Å². The molecule has 3 rings (SSSR count). The number of aromatic nitrogens is 2. The number of nitrogens with two attached hydrogens (primary N) is 1. The molecule has 18 heavy (non-hydrogen) atoms. The van der Waals surface area contributed by atoms with Gasteiger partial charge in [0.25, 0.3) is 0 Å². The Kier molecular flexibility index (Phi) is 2.47. The minimum atomic E-state index is -3.73. The van der Waals surface area contributed by atoms with Crippen molar-refractivity contribution in [2.45, 2.75) is 11.1 Å². The molecular formula is C9H8N4O3S2. The third kappa shape index (κ3) is 1.92. The molecular weight excluding hydrogens is 276 g/mol. The third-order valence-corrected chi connectivity index (χ3v) is 4.03. The maximum absolute atomic E-state index is 11.2. The zero-order chi connectivity index (χ0) is 12.8. The summed E-state index contributed by atoms with van der Waals surface area (Å²) in [4.78, 5) is 4.04. The summed E-state index contributed by atoms with van der Waals surface area (Å²) in [5.74, 6) is 0.432. The lowest BCUT2D eigenvalue weighted by Crippen LogP contribution is -2.11. The number of hydrogen-bond acceptors (Lipinski definition) is 7. The highest BCUT2D eigenvalue weighted by Crippen LogP contribution is 2.39. The van der Waals surface area contributed by atoms with Crippen LogP contribution in [0.15, 0.2) is 29.4 Å². The first-order valence-corrected chi connectivity index (χ1v) is 7.22. The Morgan fingerprint density at radius 2 is 2.28 bits per heavy atom. The van der Waals surface area contributed by atoms with Crippen LogP contribution in [0.1, 0.15) is 11.2 Å². The van der Waals surface area contributed by atoms with E-state index in [0.29, 0.717) is 16.4 Å². The largest absolute Gasteiger partial charge is 0.462 e. The van der Waals surface area contributed by atoms with Gasteiger partial charge in [-0.25, -0.2) is 18.5 Å². The highest BCUT2D eigenvalue weighted by molar-refractivity contribution is 7.89. The molecule has 7 nitrogen and oxygen atoms in total. The minimum Gasteiger partial charge on any atom is -0.462 e. The van der Waals surface area contributed by atoms with Crippen molar-refractivity contribution in [2.24, 2.45) is 5.14 Å². The predicted octanol–water partition coefficient (Wildman–Crippen LogP) is 0.689. The lowest BCUT2D eigenvalue weighted by atomic mass is 10.3. The fourth-order valence-corrected chi connectivity index (χ4v) is 2.63. The Labute approximate surface area is 107 Å². The molecule has 1 atom stereocenters. The Balaban J connectivity index is 1.95. The molecule has 0 spiro atoms. The Morgan fingerprint density at radius 1 is 1.44 bits per heavy atom. The molecule has 0 saturated carbocycles. The highest BCUT2D eigenvalue weighted by atomic mass is 32.2. The van der Waals surface area contributed by atoms with Crippen LogP contribution >= 0.6 is 11.5 Å². The summed E-state index contributed by atoms with van der Waals surface area (Å²) in [6, 6.07) is 4.42. The normalized spacial score (nSPS) is 17.9. The molecule has 2 aromatic rings. The molecule has 1 aromatic carbocycles. The summed E-state index contributed by atoms with van der Waals surface area (Å²) in [5, 5.41) is 8.79. The molecule has 2 heterocycles. The molecule has 94 valence electrons. The van der Waals surface area contributed by atoms with Crippen molar-refractivity contribution < 1.29 is 13.2 Å². The SMILES string of the molecule is NS(=O)(=O)c1ccc2c(c1)OC(c1ncns1)N2. The first-order chi connectivity index (χ1) is 8.54. The molecule has 0 bridgehead atoms. The Morgan fingerprint density at radius 3 is 2.94 bits per heavy atom. The zero-order valence-electron chi connectivity index (χ0n) is 8.90. The average molecular weight is 284 g/mol. The van der Waals surface area contributed by atoms with Crippen LogP contribution in [0.4, 0.5) is 5.69 Å². The second-order valence-electron chi connectivity index (χ2n) is 3.62. The number of sulfonamides is 1. The number of fused-ring (bicyclic) bond motifs is 1. The van der Waals surface area contributed by atoms with Gasteiger partial charge >= 0.3 is 0 Å². The van der Waals surface area contributed by atoms with Crippen molar-refractivity contribution in [2.75, 3.05) is 5.32 Å². The van der Waals surface area contributed by atoms with Gasteiger partial charge in [-0.3, -0.25) is 0 Å². The van der Waals surface area contributed by atoms with Gasteiger partial charge in [0.05, 0.1) is 10.6 Å². The van der Waals surface area contributed by atoms with Crippen molar-refractivity contribution in [3.63, 3.8) is 0 Å². The van der Waals surface area contributed by atoms with E-state index in [2.05, 4.69) is 14.7 Å². The average Bonchev–Trinajstić information content (AvgIpc) is 2.95. The molecule has 0 saturated heterocycles. The van der Waals surface area contributed by atoms with Crippen molar-refractivity contribution in [3.8, 4) is 5.75 Å². The number of anilines is 1. The van der Waals surface area contributed by atoms with E-state index >= 15 is 0 Å². The van der Waals surface area contributed by atoms with Gasteiger partial charge in [0.1, 0.15) is 12.1 Å². The Bertz CT molecular complexity index is 684. The number of hydrogen-bond donors (Lipinski definition) is 2. The van der Waals surface area contributed by atoms with Crippen LogP contribution in [-0.2, 0) is 10.0 Å². The number of rotatable bonds is 2. The first kappa shape index (κ1) is 11.4. The lowest BCUT2D eigenvalue weighted by molar-refractivity contribution is 0.258. The van der Waals surface area contributed by atoms with E-state index in [0.717, 1.165) is 0 Å². The molecule has 9 heteroatoms. The predicted molar refractivity (Wildman–Crippen MR) is 64.7 cm³/mol. The van der Waals surface area contributed by atoms with Crippen LogP contribution in [0.3, 0.4) is 0 Å². The standard InChI is InChI=1S/C9H8N4O3S2/c10-18(14,15)5-1-2-6-7(3-5)16-8(13-6)9-11-4-12-17-9/h1-4,8,13H,(H2,10,14,15). The molecule has 0 fully saturated rings. The maximum atomic E-state index is 11.2. The number of nitrogens with one attached hydrogen (secondary N) is 1. The van der Waals surface area contributed by atoms with Crippen LogP contribution in [0.5, 0.6) is 5.75 Å². The summed E-state index contributed by atoms with van der Waals surface area (Å²) in [7, 11) is -3.73.